The van der Waals surface area contributed by atoms with Gasteiger partial charge >= 0.3 is 0 Å². The Hall–Kier alpha value is -2.00. The van der Waals surface area contributed by atoms with Gasteiger partial charge in [-0.25, -0.2) is 0 Å². The number of hydrogen-bond acceptors (Lipinski definition) is 3. The summed E-state index contributed by atoms with van der Waals surface area (Å²) in [4.78, 5) is 0. The number of hydrogen-bond donors (Lipinski definition) is 3. The fraction of sp³-hybridized carbons (Fsp3) is 0.143. The van der Waals surface area contributed by atoms with Crippen molar-refractivity contribution < 1.29 is 5.11 Å². The minimum Gasteiger partial charge on any atom is -0.508 e. The molecule has 0 saturated carbocycles. The molecule has 0 aliphatic carbocycles. The summed E-state index contributed by atoms with van der Waals surface area (Å²) in [5.74, 6) is 0.270. The second kappa shape index (κ2) is 5.37. The highest BCUT2D eigenvalue weighted by Crippen LogP contribution is 2.25. The first kappa shape index (κ1) is 11.5. The van der Waals surface area contributed by atoms with Crippen LogP contribution in [0.2, 0.25) is 0 Å². The Kier molecular flexibility index (Phi) is 3.62. The van der Waals surface area contributed by atoms with Gasteiger partial charge in [0.2, 0.25) is 0 Å². The van der Waals surface area contributed by atoms with Crippen LogP contribution in [-0.4, -0.2) is 11.7 Å². The lowest BCUT2D eigenvalue weighted by Crippen LogP contribution is -2.20. The third-order valence-corrected chi connectivity index (χ3v) is 2.66. The second-order valence-electron chi connectivity index (χ2n) is 3.86. The summed E-state index contributed by atoms with van der Waals surface area (Å²) < 4.78 is 0. The summed E-state index contributed by atoms with van der Waals surface area (Å²) in [6.07, 6.45) is 0. The molecule has 4 N–H and O–H groups in total. The molecule has 2 aromatic rings. The molecule has 0 saturated heterocycles. The molecule has 0 aromatic heterocycles. The van der Waals surface area contributed by atoms with Crippen molar-refractivity contribution in [2.45, 2.75) is 6.04 Å². The number of rotatable bonds is 4. The number of benzene rings is 2. The van der Waals surface area contributed by atoms with Gasteiger partial charge in [-0.2, -0.15) is 0 Å². The third kappa shape index (κ3) is 2.77. The normalized spacial score (nSPS) is 12.1. The third-order valence-electron chi connectivity index (χ3n) is 2.66. The molecule has 2 aromatic carbocycles. The first-order valence-corrected chi connectivity index (χ1v) is 5.61. The van der Waals surface area contributed by atoms with Crippen LogP contribution in [0.4, 0.5) is 5.69 Å². The molecule has 88 valence electrons. The molecule has 0 heterocycles. The Morgan fingerprint density at radius 3 is 2.29 bits per heavy atom. The standard InChI is InChI=1S/C14H16N2O/c15-10-13(12-8-4-5-9-14(12)17)16-11-6-2-1-3-7-11/h1-9,13,16-17H,10,15H2. The SMILES string of the molecule is NCC(Nc1ccccc1)c1ccccc1O. The largest absolute Gasteiger partial charge is 0.508 e. The maximum atomic E-state index is 9.79. The van der Waals surface area contributed by atoms with Gasteiger partial charge < -0.3 is 16.2 Å². The zero-order valence-corrected chi connectivity index (χ0v) is 9.51. The number of nitrogens with two attached hydrogens (primary N) is 1. The van der Waals surface area contributed by atoms with Crippen molar-refractivity contribution in [3.8, 4) is 5.75 Å². The van der Waals surface area contributed by atoms with E-state index < -0.39 is 0 Å². The van der Waals surface area contributed by atoms with Crippen molar-refractivity contribution in [3.63, 3.8) is 0 Å². The Bertz CT molecular complexity index is 471. The number of para-hydroxylation sites is 2. The molecule has 0 amide bonds. The number of anilines is 1. The number of nitrogens with one attached hydrogen (secondary N) is 1. The summed E-state index contributed by atoms with van der Waals surface area (Å²) >= 11 is 0. The van der Waals surface area contributed by atoms with E-state index >= 15 is 0 Å². The fourth-order valence-corrected chi connectivity index (χ4v) is 1.78. The number of aromatic hydroxyl groups is 1. The molecule has 3 nitrogen and oxygen atoms in total. The number of phenolic OH excluding ortho intramolecular Hbond substituents is 1. The van der Waals surface area contributed by atoms with Crippen LogP contribution in [0.25, 0.3) is 0 Å². The van der Waals surface area contributed by atoms with E-state index in [9.17, 15) is 5.11 Å². The minimum atomic E-state index is -0.0846. The van der Waals surface area contributed by atoms with E-state index in [1.165, 1.54) is 0 Å². The van der Waals surface area contributed by atoms with E-state index in [-0.39, 0.29) is 11.8 Å². The Balaban J connectivity index is 2.21. The maximum absolute atomic E-state index is 9.79. The van der Waals surface area contributed by atoms with E-state index in [2.05, 4.69) is 5.32 Å². The Morgan fingerprint density at radius 1 is 1.00 bits per heavy atom. The van der Waals surface area contributed by atoms with E-state index in [0.717, 1.165) is 11.3 Å². The van der Waals surface area contributed by atoms with Gasteiger partial charge in [0.1, 0.15) is 5.75 Å². The molecule has 0 spiro atoms. The van der Waals surface area contributed by atoms with Gasteiger partial charge in [-0.3, -0.25) is 0 Å². The zero-order chi connectivity index (χ0) is 12.1. The maximum Gasteiger partial charge on any atom is 0.120 e. The van der Waals surface area contributed by atoms with E-state index in [4.69, 9.17) is 5.73 Å². The minimum absolute atomic E-state index is 0.0846. The fourth-order valence-electron chi connectivity index (χ4n) is 1.78. The monoisotopic (exact) mass is 228 g/mol. The van der Waals surface area contributed by atoms with Crippen LogP contribution < -0.4 is 11.1 Å². The molecule has 0 aliphatic heterocycles. The molecular weight excluding hydrogens is 212 g/mol. The first-order chi connectivity index (χ1) is 8.31. The average Bonchev–Trinajstić information content (AvgIpc) is 2.38. The van der Waals surface area contributed by atoms with E-state index in [1.807, 2.05) is 42.5 Å². The lowest BCUT2D eigenvalue weighted by atomic mass is 10.1. The summed E-state index contributed by atoms with van der Waals surface area (Å²) in [6.45, 7) is 0.423. The summed E-state index contributed by atoms with van der Waals surface area (Å²) in [7, 11) is 0. The molecule has 0 aliphatic rings. The van der Waals surface area contributed by atoms with Crippen molar-refractivity contribution in [2.24, 2.45) is 5.73 Å². The highest BCUT2D eigenvalue weighted by atomic mass is 16.3. The van der Waals surface area contributed by atoms with Gasteiger partial charge in [-0.05, 0) is 18.2 Å². The molecule has 1 unspecified atom stereocenters. The lowest BCUT2D eigenvalue weighted by molar-refractivity contribution is 0.464. The lowest BCUT2D eigenvalue weighted by Gasteiger charge is -2.19. The average molecular weight is 228 g/mol. The van der Waals surface area contributed by atoms with Gasteiger partial charge in [-0.1, -0.05) is 36.4 Å². The zero-order valence-electron chi connectivity index (χ0n) is 9.51. The molecule has 0 fully saturated rings. The Labute approximate surface area is 101 Å². The van der Waals surface area contributed by atoms with Crippen LogP contribution in [0.5, 0.6) is 5.75 Å². The highest BCUT2D eigenvalue weighted by molar-refractivity contribution is 5.47. The predicted octanol–water partition coefficient (Wildman–Crippen LogP) is 2.50. The first-order valence-electron chi connectivity index (χ1n) is 5.61. The molecule has 17 heavy (non-hydrogen) atoms. The highest BCUT2D eigenvalue weighted by Gasteiger charge is 2.12. The van der Waals surface area contributed by atoms with Gasteiger partial charge in [-0.15, -0.1) is 0 Å². The van der Waals surface area contributed by atoms with E-state index in [0.29, 0.717) is 6.54 Å². The molecule has 2 rings (SSSR count). The summed E-state index contributed by atoms with van der Waals surface area (Å²) in [5.41, 5.74) is 7.56. The van der Waals surface area contributed by atoms with Crippen LogP contribution in [0.1, 0.15) is 11.6 Å². The number of phenols is 1. The van der Waals surface area contributed by atoms with Gasteiger partial charge in [0.15, 0.2) is 0 Å². The van der Waals surface area contributed by atoms with Gasteiger partial charge in [0.25, 0.3) is 0 Å². The molecule has 1 atom stereocenters. The topological polar surface area (TPSA) is 58.3 Å². The molecule has 0 bridgehead atoms. The van der Waals surface area contributed by atoms with Crippen molar-refractivity contribution in [1.82, 2.24) is 0 Å². The van der Waals surface area contributed by atoms with Crippen molar-refractivity contribution in [2.75, 3.05) is 11.9 Å². The van der Waals surface area contributed by atoms with Gasteiger partial charge in [0, 0.05) is 17.8 Å². The Morgan fingerprint density at radius 2 is 1.65 bits per heavy atom. The van der Waals surface area contributed by atoms with Crippen molar-refractivity contribution in [1.29, 1.82) is 0 Å². The predicted molar refractivity (Wildman–Crippen MR) is 70.0 cm³/mol. The van der Waals surface area contributed by atoms with Crippen molar-refractivity contribution in [3.05, 3.63) is 60.2 Å². The molecular formula is C14H16N2O. The van der Waals surface area contributed by atoms with Crippen LogP contribution in [0.3, 0.4) is 0 Å². The summed E-state index contributed by atoms with van der Waals surface area (Å²) in [5, 5.41) is 13.1. The summed E-state index contributed by atoms with van der Waals surface area (Å²) in [6, 6.07) is 17.0. The second-order valence-corrected chi connectivity index (χ2v) is 3.86. The van der Waals surface area contributed by atoms with E-state index in [1.54, 1.807) is 12.1 Å². The van der Waals surface area contributed by atoms with Crippen molar-refractivity contribution >= 4 is 5.69 Å². The van der Waals surface area contributed by atoms with Crippen LogP contribution in [0, 0.1) is 0 Å². The van der Waals surface area contributed by atoms with Crippen LogP contribution in [0.15, 0.2) is 54.6 Å². The van der Waals surface area contributed by atoms with Crippen LogP contribution >= 0.6 is 0 Å². The molecule has 0 radical (unpaired) electrons. The molecule has 3 heteroatoms. The van der Waals surface area contributed by atoms with Gasteiger partial charge in [0.05, 0.1) is 6.04 Å². The smallest absolute Gasteiger partial charge is 0.120 e. The van der Waals surface area contributed by atoms with Crippen LogP contribution in [-0.2, 0) is 0 Å². The quantitative estimate of drug-likeness (QED) is 0.753.